The van der Waals surface area contributed by atoms with E-state index in [0.717, 1.165) is 16.8 Å². The van der Waals surface area contributed by atoms with Crippen molar-refractivity contribution in [3.8, 4) is 11.1 Å². The van der Waals surface area contributed by atoms with E-state index in [1.807, 2.05) is 42.5 Å². The molecule has 2 rings (SSSR count). The number of nitrogens with two attached hydrogens (primary N) is 1. The van der Waals surface area contributed by atoms with Gasteiger partial charge in [0.15, 0.2) is 0 Å². The van der Waals surface area contributed by atoms with Gasteiger partial charge in [0.2, 0.25) is 5.91 Å². The molecule has 0 spiro atoms. The molecular weight excluding hydrogens is 200 g/mol. The minimum atomic E-state index is -0.365. The minimum Gasteiger partial charge on any atom is -0.369 e. The van der Waals surface area contributed by atoms with Crippen molar-refractivity contribution < 1.29 is 4.79 Å². The molecule has 0 bridgehead atoms. The highest BCUT2D eigenvalue weighted by Crippen LogP contribution is 2.21. The van der Waals surface area contributed by atoms with Crippen molar-refractivity contribution in [3.63, 3.8) is 0 Å². The lowest BCUT2D eigenvalue weighted by atomic mass is 10.0. The maximum absolute atomic E-state index is 10.9. The maximum Gasteiger partial charge on any atom is 0.223 e. The summed E-state index contributed by atoms with van der Waals surface area (Å²) < 4.78 is 0. The molecular formula is C13H12N2O. The summed E-state index contributed by atoms with van der Waals surface area (Å²) in [5.74, 6) is -0.365. The molecule has 1 amide bonds. The molecule has 0 fully saturated rings. The van der Waals surface area contributed by atoms with E-state index in [-0.39, 0.29) is 12.3 Å². The van der Waals surface area contributed by atoms with E-state index in [1.54, 1.807) is 6.20 Å². The zero-order valence-electron chi connectivity index (χ0n) is 8.76. The third-order valence-corrected chi connectivity index (χ3v) is 2.32. The summed E-state index contributed by atoms with van der Waals surface area (Å²) in [5.41, 5.74) is 7.92. The predicted octanol–water partition coefficient (Wildman–Crippen LogP) is 1.78. The largest absolute Gasteiger partial charge is 0.369 e. The van der Waals surface area contributed by atoms with Crippen LogP contribution in [0, 0.1) is 0 Å². The molecule has 0 unspecified atom stereocenters. The smallest absolute Gasteiger partial charge is 0.223 e. The fourth-order valence-electron chi connectivity index (χ4n) is 1.62. The number of nitrogens with zero attached hydrogens (tertiary/aromatic N) is 1. The molecule has 1 heterocycles. The zero-order chi connectivity index (χ0) is 11.4. The monoisotopic (exact) mass is 212 g/mol. The molecule has 3 heteroatoms. The Morgan fingerprint density at radius 2 is 1.88 bits per heavy atom. The van der Waals surface area contributed by atoms with Gasteiger partial charge in [0.25, 0.3) is 0 Å². The van der Waals surface area contributed by atoms with Gasteiger partial charge in [0.05, 0.1) is 12.1 Å². The number of pyridine rings is 1. The van der Waals surface area contributed by atoms with Gasteiger partial charge in [-0.05, 0) is 11.6 Å². The molecule has 0 saturated heterocycles. The second kappa shape index (κ2) is 4.57. The highest BCUT2D eigenvalue weighted by Gasteiger charge is 2.07. The van der Waals surface area contributed by atoms with Gasteiger partial charge >= 0.3 is 0 Å². The van der Waals surface area contributed by atoms with Crippen LogP contribution in [0.3, 0.4) is 0 Å². The van der Waals surface area contributed by atoms with Gasteiger partial charge in [-0.3, -0.25) is 9.78 Å². The van der Waals surface area contributed by atoms with Crippen LogP contribution in [0.1, 0.15) is 5.69 Å². The van der Waals surface area contributed by atoms with Crippen LogP contribution in [0.15, 0.2) is 48.7 Å². The highest BCUT2D eigenvalue weighted by atomic mass is 16.1. The molecule has 0 aliphatic rings. The van der Waals surface area contributed by atoms with E-state index in [2.05, 4.69) is 4.98 Å². The lowest BCUT2D eigenvalue weighted by molar-refractivity contribution is -0.117. The molecule has 0 radical (unpaired) electrons. The van der Waals surface area contributed by atoms with E-state index in [9.17, 15) is 4.79 Å². The standard InChI is InChI=1S/C13H12N2O/c14-13(16)9-12-11(7-4-8-15-12)10-5-2-1-3-6-10/h1-8H,9H2,(H2,14,16). The van der Waals surface area contributed by atoms with E-state index in [1.165, 1.54) is 0 Å². The van der Waals surface area contributed by atoms with Crippen LogP contribution in [0.5, 0.6) is 0 Å². The quantitative estimate of drug-likeness (QED) is 0.843. The van der Waals surface area contributed by atoms with E-state index in [0.29, 0.717) is 0 Å². The van der Waals surface area contributed by atoms with Gasteiger partial charge in [-0.2, -0.15) is 0 Å². The Hall–Kier alpha value is -2.16. The fraction of sp³-hybridized carbons (Fsp3) is 0.0769. The Balaban J connectivity index is 2.44. The average Bonchev–Trinajstić information content (AvgIpc) is 2.30. The first kappa shape index (κ1) is 10.4. The zero-order valence-corrected chi connectivity index (χ0v) is 8.76. The predicted molar refractivity (Wildman–Crippen MR) is 62.6 cm³/mol. The van der Waals surface area contributed by atoms with Crippen LogP contribution < -0.4 is 5.73 Å². The van der Waals surface area contributed by atoms with Crippen LogP contribution in [0.25, 0.3) is 11.1 Å². The van der Waals surface area contributed by atoms with Gasteiger partial charge < -0.3 is 5.73 Å². The van der Waals surface area contributed by atoms with Crippen LogP contribution >= 0.6 is 0 Å². The number of primary amides is 1. The van der Waals surface area contributed by atoms with Gasteiger partial charge in [-0.15, -0.1) is 0 Å². The summed E-state index contributed by atoms with van der Waals surface area (Å²) in [6.07, 6.45) is 1.84. The molecule has 1 aromatic heterocycles. The van der Waals surface area contributed by atoms with Crippen LogP contribution in [-0.2, 0) is 11.2 Å². The number of carbonyl (C=O) groups excluding carboxylic acids is 1. The van der Waals surface area contributed by atoms with Crippen LogP contribution in [0.2, 0.25) is 0 Å². The van der Waals surface area contributed by atoms with Gasteiger partial charge in [-0.25, -0.2) is 0 Å². The van der Waals surface area contributed by atoms with Crippen molar-refractivity contribution in [2.75, 3.05) is 0 Å². The average molecular weight is 212 g/mol. The van der Waals surface area contributed by atoms with Crippen molar-refractivity contribution in [1.82, 2.24) is 4.98 Å². The first-order valence-corrected chi connectivity index (χ1v) is 5.05. The van der Waals surface area contributed by atoms with Gasteiger partial charge in [-0.1, -0.05) is 36.4 Å². The van der Waals surface area contributed by atoms with Crippen molar-refractivity contribution in [2.45, 2.75) is 6.42 Å². The molecule has 1 aromatic carbocycles. The fourth-order valence-corrected chi connectivity index (χ4v) is 1.62. The van der Waals surface area contributed by atoms with Gasteiger partial charge in [0, 0.05) is 11.8 Å². The lowest BCUT2D eigenvalue weighted by Crippen LogP contribution is -2.15. The molecule has 2 N–H and O–H groups in total. The molecule has 3 nitrogen and oxygen atoms in total. The van der Waals surface area contributed by atoms with Crippen molar-refractivity contribution in [1.29, 1.82) is 0 Å². The number of benzene rings is 1. The number of carbonyl (C=O) groups is 1. The Morgan fingerprint density at radius 3 is 2.56 bits per heavy atom. The first-order chi connectivity index (χ1) is 7.77. The Labute approximate surface area is 93.9 Å². The highest BCUT2D eigenvalue weighted by molar-refractivity contribution is 5.79. The van der Waals surface area contributed by atoms with E-state index >= 15 is 0 Å². The third-order valence-electron chi connectivity index (χ3n) is 2.32. The van der Waals surface area contributed by atoms with Crippen molar-refractivity contribution in [2.24, 2.45) is 5.73 Å². The van der Waals surface area contributed by atoms with E-state index in [4.69, 9.17) is 5.73 Å². The lowest BCUT2D eigenvalue weighted by Gasteiger charge is -2.06. The second-order valence-corrected chi connectivity index (χ2v) is 3.51. The molecule has 80 valence electrons. The Kier molecular flexibility index (Phi) is 2.96. The minimum absolute atomic E-state index is 0.172. The summed E-state index contributed by atoms with van der Waals surface area (Å²) in [5, 5.41) is 0. The van der Waals surface area contributed by atoms with Crippen molar-refractivity contribution >= 4 is 5.91 Å². The number of hydrogen-bond acceptors (Lipinski definition) is 2. The summed E-state index contributed by atoms with van der Waals surface area (Å²) in [7, 11) is 0. The van der Waals surface area contributed by atoms with Crippen molar-refractivity contribution in [3.05, 3.63) is 54.4 Å². The molecule has 0 aliphatic heterocycles. The summed E-state index contributed by atoms with van der Waals surface area (Å²) in [6.45, 7) is 0. The summed E-state index contributed by atoms with van der Waals surface area (Å²) >= 11 is 0. The number of aromatic nitrogens is 1. The summed E-state index contributed by atoms with van der Waals surface area (Å²) in [6, 6.07) is 13.6. The normalized spacial score (nSPS) is 10.0. The first-order valence-electron chi connectivity index (χ1n) is 5.05. The molecule has 16 heavy (non-hydrogen) atoms. The second-order valence-electron chi connectivity index (χ2n) is 3.51. The molecule has 0 aliphatic carbocycles. The number of amides is 1. The number of rotatable bonds is 3. The molecule has 2 aromatic rings. The van der Waals surface area contributed by atoms with Crippen LogP contribution in [-0.4, -0.2) is 10.9 Å². The van der Waals surface area contributed by atoms with Gasteiger partial charge in [0.1, 0.15) is 0 Å². The maximum atomic E-state index is 10.9. The SMILES string of the molecule is NC(=O)Cc1ncccc1-c1ccccc1. The molecule has 0 saturated carbocycles. The summed E-state index contributed by atoms with van der Waals surface area (Å²) in [4.78, 5) is 15.1. The Bertz CT molecular complexity index is 494. The third kappa shape index (κ3) is 2.25. The van der Waals surface area contributed by atoms with Crippen LogP contribution in [0.4, 0.5) is 0 Å². The molecule has 0 atom stereocenters. The van der Waals surface area contributed by atoms with E-state index < -0.39 is 0 Å². The Morgan fingerprint density at radius 1 is 1.12 bits per heavy atom. The topological polar surface area (TPSA) is 56.0 Å². The number of hydrogen-bond donors (Lipinski definition) is 1.